The molecule has 3 heteroatoms. The van der Waals surface area contributed by atoms with Crippen LogP contribution in [-0.2, 0) is 0 Å². The van der Waals surface area contributed by atoms with Gasteiger partial charge < -0.3 is 5.32 Å². The van der Waals surface area contributed by atoms with Crippen LogP contribution >= 0.6 is 22.9 Å². The maximum Gasteiger partial charge on any atom is 0.0931 e. The molecule has 0 aliphatic carbocycles. The first-order valence-corrected chi connectivity index (χ1v) is 6.13. The van der Waals surface area contributed by atoms with E-state index in [0.717, 1.165) is 10.8 Å². The maximum absolute atomic E-state index is 5.95. The third kappa shape index (κ3) is 2.50. The fourth-order valence-corrected chi connectivity index (χ4v) is 2.99. The monoisotopic (exact) mass is 231 g/mol. The standard InChI is InChI=1S/C11H18ClNS/c1-5-11(2,3)10(13-4)8-6-7-9(12)14-8/h6-7,10,13H,5H2,1-4H3. The molecule has 0 aromatic carbocycles. The summed E-state index contributed by atoms with van der Waals surface area (Å²) in [6.45, 7) is 6.78. The average molecular weight is 232 g/mol. The van der Waals surface area contributed by atoms with Crippen molar-refractivity contribution in [3.8, 4) is 0 Å². The molecule has 1 heterocycles. The zero-order valence-corrected chi connectivity index (χ0v) is 10.8. The van der Waals surface area contributed by atoms with Gasteiger partial charge in [0, 0.05) is 10.9 Å². The van der Waals surface area contributed by atoms with Gasteiger partial charge in [-0.25, -0.2) is 0 Å². The number of hydrogen-bond donors (Lipinski definition) is 1. The first-order chi connectivity index (χ1) is 6.51. The van der Waals surface area contributed by atoms with Gasteiger partial charge in [-0.2, -0.15) is 0 Å². The van der Waals surface area contributed by atoms with E-state index in [2.05, 4.69) is 32.2 Å². The van der Waals surface area contributed by atoms with Gasteiger partial charge in [0.1, 0.15) is 0 Å². The summed E-state index contributed by atoms with van der Waals surface area (Å²) in [5.41, 5.74) is 0.267. The number of nitrogens with one attached hydrogen (secondary N) is 1. The zero-order valence-electron chi connectivity index (χ0n) is 9.23. The van der Waals surface area contributed by atoms with Crippen LogP contribution in [0.25, 0.3) is 0 Å². The summed E-state index contributed by atoms with van der Waals surface area (Å²) in [6, 6.07) is 4.48. The number of thiophene rings is 1. The quantitative estimate of drug-likeness (QED) is 0.823. The first-order valence-electron chi connectivity index (χ1n) is 4.93. The zero-order chi connectivity index (χ0) is 10.8. The Morgan fingerprint density at radius 1 is 1.50 bits per heavy atom. The van der Waals surface area contributed by atoms with Crippen LogP contribution in [0.15, 0.2) is 12.1 Å². The van der Waals surface area contributed by atoms with E-state index in [9.17, 15) is 0 Å². The van der Waals surface area contributed by atoms with Crippen molar-refractivity contribution in [3.05, 3.63) is 21.3 Å². The highest BCUT2D eigenvalue weighted by atomic mass is 35.5. The molecule has 1 rings (SSSR count). The van der Waals surface area contributed by atoms with E-state index in [-0.39, 0.29) is 5.41 Å². The van der Waals surface area contributed by atoms with Gasteiger partial charge in [-0.15, -0.1) is 11.3 Å². The van der Waals surface area contributed by atoms with E-state index in [1.54, 1.807) is 11.3 Å². The van der Waals surface area contributed by atoms with Gasteiger partial charge in [0.05, 0.1) is 4.34 Å². The molecule has 0 amide bonds. The molecule has 0 radical (unpaired) electrons. The van der Waals surface area contributed by atoms with Crippen LogP contribution in [-0.4, -0.2) is 7.05 Å². The Balaban J connectivity index is 2.92. The molecule has 0 aliphatic heterocycles. The highest BCUT2D eigenvalue weighted by Gasteiger charge is 2.28. The lowest BCUT2D eigenvalue weighted by Crippen LogP contribution is -2.30. The predicted octanol–water partition coefficient (Wildman–Crippen LogP) is 4.10. The van der Waals surface area contributed by atoms with Crippen molar-refractivity contribution in [2.75, 3.05) is 7.05 Å². The number of rotatable bonds is 4. The summed E-state index contributed by atoms with van der Waals surface area (Å²) < 4.78 is 0.868. The number of hydrogen-bond acceptors (Lipinski definition) is 2. The second kappa shape index (κ2) is 4.65. The third-order valence-corrected chi connectivity index (χ3v) is 4.16. The fourth-order valence-electron chi connectivity index (χ4n) is 1.61. The molecule has 1 aromatic heterocycles. The Bertz CT molecular complexity index is 293. The molecule has 0 saturated carbocycles. The molecule has 0 aliphatic rings. The Morgan fingerprint density at radius 2 is 2.14 bits per heavy atom. The summed E-state index contributed by atoms with van der Waals surface area (Å²) in [7, 11) is 2.01. The molecule has 1 unspecified atom stereocenters. The molecule has 1 nitrogen and oxygen atoms in total. The summed E-state index contributed by atoms with van der Waals surface area (Å²) in [6.07, 6.45) is 1.15. The van der Waals surface area contributed by atoms with Gasteiger partial charge in [-0.3, -0.25) is 0 Å². The van der Waals surface area contributed by atoms with Crippen LogP contribution in [0, 0.1) is 5.41 Å². The van der Waals surface area contributed by atoms with Gasteiger partial charge in [-0.1, -0.05) is 32.4 Å². The van der Waals surface area contributed by atoms with Crippen LogP contribution in [0.5, 0.6) is 0 Å². The summed E-state index contributed by atoms with van der Waals surface area (Å²) in [5, 5.41) is 3.37. The molecule has 0 fully saturated rings. The third-order valence-electron chi connectivity index (χ3n) is 2.86. The van der Waals surface area contributed by atoms with Gasteiger partial charge in [0.15, 0.2) is 0 Å². The number of halogens is 1. The van der Waals surface area contributed by atoms with Crippen molar-refractivity contribution in [1.29, 1.82) is 0 Å². The van der Waals surface area contributed by atoms with E-state index in [4.69, 9.17) is 11.6 Å². The van der Waals surface area contributed by atoms with E-state index in [0.29, 0.717) is 6.04 Å². The SMILES string of the molecule is CCC(C)(C)C(NC)c1ccc(Cl)s1. The minimum atomic E-state index is 0.267. The average Bonchev–Trinajstić information content (AvgIpc) is 2.53. The molecule has 1 N–H and O–H groups in total. The first kappa shape index (κ1) is 12.0. The largest absolute Gasteiger partial charge is 0.312 e. The molecular formula is C11H18ClNS. The van der Waals surface area contributed by atoms with E-state index in [1.807, 2.05) is 13.1 Å². The van der Waals surface area contributed by atoms with Gasteiger partial charge in [0.25, 0.3) is 0 Å². The molecule has 0 bridgehead atoms. The van der Waals surface area contributed by atoms with Crippen LogP contribution in [0.2, 0.25) is 4.34 Å². The molecule has 14 heavy (non-hydrogen) atoms. The summed E-state index contributed by atoms with van der Waals surface area (Å²) >= 11 is 7.61. The Hall–Kier alpha value is -0.0500. The van der Waals surface area contributed by atoms with Crippen molar-refractivity contribution in [2.24, 2.45) is 5.41 Å². The second-order valence-corrected chi connectivity index (χ2v) is 5.95. The molecule has 0 spiro atoms. The van der Waals surface area contributed by atoms with Crippen molar-refractivity contribution in [3.63, 3.8) is 0 Å². The van der Waals surface area contributed by atoms with Gasteiger partial charge in [0.2, 0.25) is 0 Å². The Labute approximate surface area is 95.5 Å². The van der Waals surface area contributed by atoms with Crippen molar-refractivity contribution in [1.82, 2.24) is 5.32 Å². The summed E-state index contributed by atoms with van der Waals surface area (Å²) in [4.78, 5) is 1.32. The van der Waals surface area contributed by atoms with E-state index >= 15 is 0 Å². The fraction of sp³-hybridized carbons (Fsp3) is 0.636. The highest BCUT2D eigenvalue weighted by Crippen LogP contribution is 2.39. The van der Waals surface area contributed by atoms with Crippen LogP contribution in [0.3, 0.4) is 0 Å². The minimum absolute atomic E-state index is 0.267. The lowest BCUT2D eigenvalue weighted by Gasteiger charge is -2.32. The van der Waals surface area contributed by atoms with Crippen LogP contribution < -0.4 is 5.32 Å². The predicted molar refractivity (Wildman–Crippen MR) is 65.2 cm³/mol. The van der Waals surface area contributed by atoms with Gasteiger partial charge >= 0.3 is 0 Å². The topological polar surface area (TPSA) is 12.0 Å². The van der Waals surface area contributed by atoms with E-state index in [1.165, 1.54) is 4.88 Å². The van der Waals surface area contributed by atoms with Crippen molar-refractivity contribution < 1.29 is 0 Å². The smallest absolute Gasteiger partial charge is 0.0931 e. The van der Waals surface area contributed by atoms with Crippen molar-refractivity contribution in [2.45, 2.75) is 33.2 Å². The Kier molecular flexibility index (Phi) is 3.99. The molecule has 1 atom stereocenters. The van der Waals surface area contributed by atoms with Crippen molar-refractivity contribution >= 4 is 22.9 Å². The van der Waals surface area contributed by atoms with Crippen LogP contribution in [0.1, 0.15) is 38.1 Å². The van der Waals surface area contributed by atoms with Crippen LogP contribution in [0.4, 0.5) is 0 Å². The Morgan fingerprint density at radius 3 is 2.50 bits per heavy atom. The minimum Gasteiger partial charge on any atom is -0.312 e. The van der Waals surface area contributed by atoms with E-state index < -0.39 is 0 Å². The lowest BCUT2D eigenvalue weighted by molar-refractivity contribution is 0.249. The molecular weight excluding hydrogens is 214 g/mol. The molecule has 1 aromatic rings. The molecule has 80 valence electrons. The second-order valence-electron chi connectivity index (χ2n) is 4.21. The highest BCUT2D eigenvalue weighted by molar-refractivity contribution is 7.16. The maximum atomic E-state index is 5.95. The summed E-state index contributed by atoms with van der Waals surface area (Å²) in [5.74, 6) is 0. The normalized spacial score (nSPS) is 14.4. The van der Waals surface area contributed by atoms with Gasteiger partial charge in [-0.05, 0) is 31.0 Å². The molecule has 0 saturated heterocycles. The lowest BCUT2D eigenvalue weighted by atomic mass is 9.81.